The van der Waals surface area contributed by atoms with Gasteiger partial charge in [0.2, 0.25) is 0 Å². The Morgan fingerprint density at radius 2 is 1.96 bits per heavy atom. The van der Waals surface area contributed by atoms with Crippen LogP contribution < -0.4 is 10.1 Å². The van der Waals surface area contributed by atoms with Crippen molar-refractivity contribution in [2.24, 2.45) is 0 Å². The predicted molar refractivity (Wildman–Crippen MR) is 111 cm³/mol. The van der Waals surface area contributed by atoms with Gasteiger partial charge in [-0.25, -0.2) is 4.98 Å². The molecule has 0 aliphatic rings. The summed E-state index contributed by atoms with van der Waals surface area (Å²) in [4.78, 5) is 17.8. The summed E-state index contributed by atoms with van der Waals surface area (Å²) in [5, 5.41) is 4.10. The van der Waals surface area contributed by atoms with E-state index in [4.69, 9.17) is 16.3 Å². The van der Waals surface area contributed by atoms with Crippen molar-refractivity contribution in [2.45, 2.75) is 33.3 Å². The first-order valence-corrected chi connectivity index (χ1v) is 9.83. The van der Waals surface area contributed by atoms with Crippen molar-refractivity contribution in [2.75, 3.05) is 5.32 Å². The fraction of sp³-hybridized carbons (Fsp3) is 0.238. The third-order valence-electron chi connectivity index (χ3n) is 3.93. The van der Waals surface area contributed by atoms with Crippen LogP contribution in [0.15, 0.2) is 48.7 Å². The van der Waals surface area contributed by atoms with Gasteiger partial charge in [-0.3, -0.25) is 10.1 Å². The summed E-state index contributed by atoms with van der Waals surface area (Å²) in [5.74, 6) is 0.466. The number of anilines is 1. The molecule has 6 heteroatoms. The van der Waals surface area contributed by atoms with E-state index < -0.39 is 6.10 Å². The molecule has 0 spiro atoms. The van der Waals surface area contributed by atoms with Crippen LogP contribution in [0.1, 0.15) is 28.5 Å². The molecule has 0 radical (unpaired) electrons. The van der Waals surface area contributed by atoms with Gasteiger partial charge in [0, 0.05) is 22.5 Å². The van der Waals surface area contributed by atoms with Crippen molar-refractivity contribution in [3.63, 3.8) is 0 Å². The predicted octanol–water partition coefficient (Wildman–Crippen LogP) is 5.41. The van der Waals surface area contributed by atoms with Gasteiger partial charge in [-0.05, 0) is 61.7 Å². The van der Waals surface area contributed by atoms with Crippen LogP contribution >= 0.6 is 22.9 Å². The standard InChI is InChI=1S/C21H21ClN2O2S/c1-13-7-14(2)9-18(8-13)26-15(3)20(25)24-21-23-12-19(27-21)11-16-5-4-6-17(22)10-16/h4-10,12,15H,11H2,1-3H3,(H,23,24,25). The minimum atomic E-state index is -0.619. The summed E-state index contributed by atoms with van der Waals surface area (Å²) < 4.78 is 5.78. The minimum absolute atomic E-state index is 0.224. The molecule has 1 unspecified atom stereocenters. The summed E-state index contributed by atoms with van der Waals surface area (Å²) in [6.07, 6.45) is 1.88. The second-order valence-corrected chi connectivity index (χ2v) is 8.06. The Morgan fingerprint density at radius 3 is 2.67 bits per heavy atom. The summed E-state index contributed by atoms with van der Waals surface area (Å²) in [6.45, 7) is 5.73. The molecule has 1 atom stereocenters. The fourth-order valence-corrected chi connectivity index (χ4v) is 3.82. The quantitative estimate of drug-likeness (QED) is 0.601. The fourth-order valence-electron chi connectivity index (χ4n) is 2.76. The number of carbonyl (C=O) groups is 1. The maximum absolute atomic E-state index is 12.4. The van der Waals surface area contributed by atoms with Crippen molar-refractivity contribution in [3.8, 4) is 5.75 Å². The molecule has 27 heavy (non-hydrogen) atoms. The molecule has 2 aromatic carbocycles. The number of aromatic nitrogens is 1. The van der Waals surface area contributed by atoms with Crippen LogP contribution in [0.5, 0.6) is 5.75 Å². The number of hydrogen-bond acceptors (Lipinski definition) is 4. The third kappa shape index (κ3) is 5.55. The largest absolute Gasteiger partial charge is 0.481 e. The van der Waals surface area contributed by atoms with Gasteiger partial charge >= 0.3 is 0 Å². The number of nitrogens with zero attached hydrogens (tertiary/aromatic N) is 1. The van der Waals surface area contributed by atoms with E-state index in [1.54, 1.807) is 13.1 Å². The highest BCUT2D eigenvalue weighted by molar-refractivity contribution is 7.15. The second-order valence-electron chi connectivity index (χ2n) is 6.51. The highest BCUT2D eigenvalue weighted by Gasteiger charge is 2.17. The smallest absolute Gasteiger partial charge is 0.266 e. The van der Waals surface area contributed by atoms with Gasteiger partial charge in [-0.15, -0.1) is 11.3 Å². The summed E-state index contributed by atoms with van der Waals surface area (Å²) >= 11 is 7.47. The molecular weight excluding hydrogens is 380 g/mol. The Kier molecular flexibility index (Phi) is 6.14. The van der Waals surface area contributed by atoms with E-state index in [1.165, 1.54) is 11.3 Å². The molecule has 140 valence electrons. The number of nitrogens with one attached hydrogen (secondary N) is 1. The molecular formula is C21H21ClN2O2S. The monoisotopic (exact) mass is 400 g/mol. The van der Waals surface area contributed by atoms with E-state index in [1.807, 2.05) is 50.2 Å². The molecule has 0 aliphatic heterocycles. The summed E-state index contributed by atoms with van der Waals surface area (Å²) in [6, 6.07) is 13.6. The van der Waals surface area contributed by atoms with Crippen molar-refractivity contribution in [3.05, 3.63) is 75.3 Å². The van der Waals surface area contributed by atoms with Gasteiger partial charge in [0.05, 0.1) is 0 Å². The van der Waals surface area contributed by atoms with Gasteiger partial charge < -0.3 is 4.74 Å². The molecule has 3 rings (SSSR count). The lowest BCUT2D eigenvalue weighted by atomic mass is 10.1. The number of amides is 1. The maximum atomic E-state index is 12.4. The van der Waals surface area contributed by atoms with Crippen LogP contribution in [0.25, 0.3) is 0 Å². The number of benzene rings is 2. The lowest BCUT2D eigenvalue weighted by Gasteiger charge is -2.14. The van der Waals surface area contributed by atoms with Gasteiger partial charge in [0.25, 0.3) is 5.91 Å². The molecule has 1 N–H and O–H groups in total. The number of carbonyl (C=O) groups excluding carboxylic acids is 1. The van der Waals surface area contributed by atoms with E-state index in [0.29, 0.717) is 15.9 Å². The first kappa shape index (κ1) is 19.4. The molecule has 4 nitrogen and oxygen atoms in total. The SMILES string of the molecule is Cc1cc(C)cc(OC(C)C(=O)Nc2ncc(Cc3cccc(Cl)c3)s2)c1. The van der Waals surface area contributed by atoms with Crippen LogP contribution in [0.2, 0.25) is 5.02 Å². The minimum Gasteiger partial charge on any atom is -0.481 e. The zero-order valence-electron chi connectivity index (χ0n) is 15.5. The van der Waals surface area contributed by atoms with E-state index in [9.17, 15) is 4.79 Å². The van der Waals surface area contributed by atoms with Crippen LogP contribution in [0, 0.1) is 13.8 Å². The van der Waals surface area contributed by atoms with Crippen molar-refractivity contribution in [1.29, 1.82) is 0 Å². The Hall–Kier alpha value is -2.37. The number of thiazole rings is 1. The summed E-state index contributed by atoms with van der Waals surface area (Å²) in [7, 11) is 0. The van der Waals surface area contributed by atoms with Gasteiger partial charge in [-0.1, -0.05) is 29.8 Å². The van der Waals surface area contributed by atoms with Crippen LogP contribution in [-0.4, -0.2) is 17.0 Å². The average Bonchev–Trinajstić information content (AvgIpc) is 3.00. The van der Waals surface area contributed by atoms with E-state index >= 15 is 0 Å². The second kappa shape index (κ2) is 8.55. The lowest BCUT2D eigenvalue weighted by molar-refractivity contribution is -0.122. The number of halogens is 1. The third-order valence-corrected chi connectivity index (χ3v) is 5.08. The van der Waals surface area contributed by atoms with Crippen LogP contribution in [0.4, 0.5) is 5.13 Å². The molecule has 3 aromatic rings. The highest BCUT2D eigenvalue weighted by atomic mass is 35.5. The topological polar surface area (TPSA) is 51.2 Å². The van der Waals surface area contributed by atoms with E-state index in [0.717, 1.165) is 28.0 Å². The first-order valence-electron chi connectivity index (χ1n) is 8.64. The lowest BCUT2D eigenvalue weighted by Crippen LogP contribution is -2.30. The Morgan fingerprint density at radius 1 is 1.22 bits per heavy atom. The Bertz CT molecular complexity index is 935. The van der Waals surface area contributed by atoms with Crippen molar-refractivity contribution < 1.29 is 9.53 Å². The number of rotatable bonds is 6. The van der Waals surface area contributed by atoms with E-state index in [-0.39, 0.29) is 5.91 Å². The van der Waals surface area contributed by atoms with Crippen LogP contribution in [0.3, 0.4) is 0 Å². The molecule has 1 amide bonds. The highest BCUT2D eigenvalue weighted by Crippen LogP contribution is 2.23. The van der Waals surface area contributed by atoms with Gasteiger partial charge in [0.15, 0.2) is 11.2 Å². The molecule has 0 saturated carbocycles. The Labute approximate surface area is 168 Å². The van der Waals surface area contributed by atoms with Crippen molar-refractivity contribution in [1.82, 2.24) is 4.98 Å². The molecule has 0 fully saturated rings. The zero-order chi connectivity index (χ0) is 19.4. The molecule has 1 heterocycles. The van der Waals surface area contributed by atoms with Crippen LogP contribution in [-0.2, 0) is 11.2 Å². The molecule has 0 bridgehead atoms. The number of hydrogen-bond donors (Lipinski definition) is 1. The van der Waals surface area contributed by atoms with Gasteiger partial charge in [-0.2, -0.15) is 0 Å². The summed E-state index contributed by atoms with van der Waals surface area (Å²) in [5.41, 5.74) is 3.31. The van der Waals surface area contributed by atoms with E-state index in [2.05, 4.69) is 16.4 Å². The first-order chi connectivity index (χ1) is 12.9. The molecule has 1 aromatic heterocycles. The van der Waals surface area contributed by atoms with Gasteiger partial charge in [0.1, 0.15) is 5.75 Å². The average molecular weight is 401 g/mol. The molecule has 0 saturated heterocycles. The van der Waals surface area contributed by atoms with Crippen molar-refractivity contribution >= 4 is 34.0 Å². The number of ether oxygens (including phenoxy) is 1. The Balaban J connectivity index is 1.59. The zero-order valence-corrected chi connectivity index (χ0v) is 17.0. The number of aryl methyl sites for hydroxylation is 2. The maximum Gasteiger partial charge on any atom is 0.266 e. The molecule has 0 aliphatic carbocycles. The normalized spacial score (nSPS) is 11.9.